The lowest BCUT2D eigenvalue weighted by Crippen LogP contribution is -1.92. The second-order valence-corrected chi connectivity index (χ2v) is 4.32. The Morgan fingerprint density at radius 3 is 2.55 bits per heavy atom. The van der Waals surface area contributed by atoms with E-state index in [0.29, 0.717) is 0 Å². The first-order chi connectivity index (χ1) is 5.00. The van der Waals surface area contributed by atoms with Gasteiger partial charge in [-0.05, 0) is 6.07 Å². The van der Waals surface area contributed by atoms with Crippen LogP contribution in [0.1, 0.15) is 0 Å². The summed E-state index contributed by atoms with van der Waals surface area (Å²) < 4.78 is 33.4. The Hall–Kier alpha value is -0.680. The minimum Gasteiger partial charge on any atom is -0.228 e. The summed E-state index contributed by atoms with van der Waals surface area (Å²) in [7, 11) is 1.08. The molecule has 0 amide bonds. The monoisotopic (exact) mass is 195 g/mol. The highest BCUT2D eigenvalue weighted by atomic mass is 35.7. The molecule has 1 aromatic rings. The molecule has 1 heterocycles. The lowest BCUT2D eigenvalue weighted by atomic mass is 10.5. The molecule has 0 aliphatic carbocycles. The van der Waals surface area contributed by atoms with Gasteiger partial charge in [0.1, 0.15) is 0 Å². The molecule has 0 N–H and O–H groups in total. The third-order valence-corrected chi connectivity index (χ3v) is 2.33. The van der Waals surface area contributed by atoms with Gasteiger partial charge in [-0.3, -0.25) is 0 Å². The summed E-state index contributed by atoms with van der Waals surface area (Å²) >= 11 is 0. The fourth-order valence-electron chi connectivity index (χ4n) is 0.536. The number of nitrogens with zero attached hydrogens (tertiary/aromatic N) is 1. The summed E-state index contributed by atoms with van der Waals surface area (Å²) in [6.07, 6.45) is 1.03. The van der Waals surface area contributed by atoms with Crippen LogP contribution in [0.3, 0.4) is 0 Å². The summed E-state index contributed by atoms with van der Waals surface area (Å²) in [5, 5.41) is 0. The molecule has 0 aliphatic heterocycles. The van der Waals surface area contributed by atoms with Crippen molar-refractivity contribution in [1.82, 2.24) is 4.98 Å². The van der Waals surface area contributed by atoms with Gasteiger partial charge in [0.05, 0.1) is 4.90 Å². The van der Waals surface area contributed by atoms with E-state index >= 15 is 0 Å². The maximum Gasteiger partial charge on any atom is 0.261 e. The normalized spacial score (nSPS) is 11.5. The summed E-state index contributed by atoms with van der Waals surface area (Å²) in [4.78, 5) is 2.88. The third-order valence-electron chi connectivity index (χ3n) is 0.980. The molecule has 0 fully saturated rings. The lowest BCUT2D eigenvalue weighted by molar-refractivity contribution is 0.574. The fraction of sp³-hybridized carbons (Fsp3) is 0. The van der Waals surface area contributed by atoms with Crippen molar-refractivity contribution in [2.75, 3.05) is 0 Å². The summed E-state index contributed by atoms with van der Waals surface area (Å²) in [6.45, 7) is 0. The minimum absolute atomic E-state index is 0.285. The Morgan fingerprint density at radius 2 is 2.18 bits per heavy atom. The molecule has 6 heteroatoms. The van der Waals surface area contributed by atoms with Crippen molar-refractivity contribution in [3.63, 3.8) is 0 Å². The van der Waals surface area contributed by atoms with Crippen molar-refractivity contribution in [3.8, 4) is 0 Å². The smallest absolute Gasteiger partial charge is 0.228 e. The molecular formula is C5H3ClFNO2S. The summed E-state index contributed by atoms with van der Waals surface area (Å²) in [5.41, 5.74) is 0. The van der Waals surface area contributed by atoms with Gasteiger partial charge in [0.25, 0.3) is 9.05 Å². The molecule has 1 aromatic heterocycles. The van der Waals surface area contributed by atoms with E-state index in [1.807, 2.05) is 0 Å². The van der Waals surface area contributed by atoms with Crippen molar-refractivity contribution in [2.24, 2.45) is 0 Å². The lowest BCUT2D eigenvalue weighted by Gasteiger charge is -1.92. The van der Waals surface area contributed by atoms with E-state index in [4.69, 9.17) is 10.7 Å². The van der Waals surface area contributed by atoms with Gasteiger partial charge < -0.3 is 0 Å². The first-order valence-electron chi connectivity index (χ1n) is 2.56. The second-order valence-electron chi connectivity index (χ2n) is 1.75. The van der Waals surface area contributed by atoms with Crippen LogP contribution in [0.5, 0.6) is 0 Å². The van der Waals surface area contributed by atoms with Gasteiger partial charge in [0.15, 0.2) is 0 Å². The molecule has 0 aliphatic rings. The van der Waals surface area contributed by atoms with Crippen molar-refractivity contribution in [2.45, 2.75) is 4.90 Å². The average Bonchev–Trinajstić information content (AvgIpc) is 1.86. The number of hydrogen-bond donors (Lipinski definition) is 0. The molecule has 0 spiro atoms. The van der Waals surface area contributed by atoms with E-state index in [2.05, 4.69) is 4.98 Å². The topological polar surface area (TPSA) is 47.0 Å². The van der Waals surface area contributed by atoms with Gasteiger partial charge in [-0.1, -0.05) is 0 Å². The molecule has 0 saturated carbocycles. The van der Waals surface area contributed by atoms with Crippen LogP contribution < -0.4 is 0 Å². The molecule has 0 aromatic carbocycles. The van der Waals surface area contributed by atoms with Gasteiger partial charge in [0, 0.05) is 22.9 Å². The SMILES string of the molecule is O=S(=O)(Cl)c1ccnc(F)c1. The predicted octanol–water partition coefficient (Wildman–Crippen LogP) is 1.15. The van der Waals surface area contributed by atoms with Crippen LogP contribution in [0.4, 0.5) is 4.39 Å². The highest BCUT2D eigenvalue weighted by Crippen LogP contribution is 2.13. The van der Waals surface area contributed by atoms with E-state index in [-0.39, 0.29) is 4.90 Å². The van der Waals surface area contributed by atoms with Crippen LogP contribution in [0.2, 0.25) is 0 Å². The van der Waals surface area contributed by atoms with Gasteiger partial charge in [0.2, 0.25) is 5.95 Å². The van der Waals surface area contributed by atoms with Crippen molar-refractivity contribution in [3.05, 3.63) is 24.3 Å². The van der Waals surface area contributed by atoms with E-state index in [1.54, 1.807) is 0 Å². The predicted molar refractivity (Wildman–Crippen MR) is 37.2 cm³/mol. The molecule has 0 saturated heterocycles. The Kier molecular flexibility index (Phi) is 2.10. The van der Waals surface area contributed by atoms with E-state index in [0.717, 1.165) is 18.3 Å². The molecule has 3 nitrogen and oxygen atoms in total. The van der Waals surface area contributed by atoms with Crippen LogP contribution in [-0.4, -0.2) is 13.4 Å². The van der Waals surface area contributed by atoms with Crippen LogP contribution in [0.25, 0.3) is 0 Å². The molecular weight excluding hydrogens is 193 g/mol. The zero-order valence-electron chi connectivity index (χ0n) is 5.16. The highest BCUT2D eigenvalue weighted by molar-refractivity contribution is 8.13. The number of pyridine rings is 1. The maximum absolute atomic E-state index is 12.3. The first-order valence-corrected chi connectivity index (χ1v) is 4.87. The summed E-state index contributed by atoms with van der Waals surface area (Å²) in [6, 6.07) is 1.87. The number of aromatic nitrogens is 1. The molecule has 0 bridgehead atoms. The molecule has 11 heavy (non-hydrogen) atoms. The van der Waals surface area contributed by atoms with Crippen LogP contribution in [0.15, 0.2) is 23.2 Å². The van der Waals surface area contributed by atoms with Gasteiger partial charge >= 0.3 is 0 Å². The van der Waals surface area contributed by atoms with Crippen LogP contribution >= 0.6 is 10.7 Å². The molecule has 0 radical (unpaired) electrons. The van der Waals surface area contributed by atoms with Crippen molar-refractivity contribution < 1.29 is 12.8 Å². The van der Waals surface area contributed by atoms with Gasteiger partial charge in [-0.15, -0.1) is 0 Å². The first kappa shape index (κ1) is 8.42. The molecule has 0 atom stereocenters. The molecule has 0 unspecified atom stereocenters. The van der Waals surface area contributed by atoms with Crippen LogP contribution in [-0.2, 0) is 9.05 Å². The average molecular weight is 196 g/mol. The third kappa shape index (κ3) is 2.13. The largest absolute Gasteiger partial charge is 0.261 e. The maximum atomic E-state index is 12.3. The zero-order valence-corrected chi connectivity index (χ0v) is 6.73. The Balaban J connectivity index is 3.28. The van der Waals surface area contributed by atoms with E-state index < -0.39 is 15.0 Å². The number of hydrogen-bond acceptors (Lipinski definition) is 3. The van der Waals surface area contributed by atoms with Gasteiger partial charge in [-0.2, -0.15) is 4.39 Å². The standard InChI is InChI=1S/C5H3ClFNO2S/c6-11(9,10)4-1-2-8-5(7)3-4/h1-3H. The van der Waals surface area contributed by atoms with E-state index in [9.17, 15) is 12.8 Å². The summed E-state index contributed by atoms with van der Waals surface area (Å²) in [5.74, 6) is -0.869. The quantitative estimate of drug-likeness (QED) is 0.499. The Bertz CT molecular complexity index is 365. The van der Waals surface area contributed by atoms with E-state index in [1.165, 1.54) is 0 Å². The van der Waals surface area contributed by atoms with Crippen molar-refractivity contribution in [1.29, 1.82) is 0 Å². The van der Waals surface area contributed by atoms with Crippen LogP contribution in [0, 0.1) is 5.95 Å². The highest BCUT2D eigenvalue weighted by Gasteiger charge is 2.09. The molecule has 1 rings (SSSR count). The number of halogens is 2. The number of rotatable bonds is 1. The Labute approximate surface area is 67.2 Å². The zero-order chi connectivity index (χ0) is 8.48. The minimum atomic E-state index is -3.83. The fourth-order valence-corrected chi connectivity index (χ4v) is 1.29. The molecule has 60 valence electrons. The second kappa shape index (κ2) is 2.75. The Morgan fingerprint density at radius 1 is 1.55 bits per heavy atom. The van der Waals surface area contributed by atoms with Gasteiger partial charge in [-0.25, -0.2) is 13.4 Å². The van der Waals surface area contributed by atoms with Crippen molar-refractivity contribution >= 4 is 19.7 Å².